The van der Waals surface area contributed by atoms with Crippen LogP contribution < -0.4 is 10.1 Å². The molecule has 0 atom stereocenters. The zero-order valence-corrected chi connectivity index (χ0v) is 14.9. The fourth-order valence-electron chi connectivity index (χ4n) is 2.42. The molecule has 25 heavy (non-hydrogen) atoms. The zero-order valence-electron chi connectivity index (χ0n) is 14.1. The Morgan fingerprint density at radius 1 is 1.20 bits per heavy atom. The highest BCUT2D eigenvalue weighted by Crippen LogP contribution is 2.20. The van der Waals surface area contributed by atoms with Crippen LogP contribution in [0.2, 0.25) is 0 Å². The number of hydrogen-bond donors (Lipinski definition) is 1. The lowest BCUT2D eigenvalue weighted by Crippen LogP contribution is -2.22. The van der Waals surface area contributed by atoms with Crippen LogP contribution in [0.15, 0.2) is 60.1 Å². The Morgan fingerprint density at radius 2 is 2.12 bits per heavy atom. The summed E-state index contributed by atoms with van der Waals surface area (Å²) in [4.78, 5) is 17.5. The van der Waals surface area contributed by atoms with Gasteiger partial charge in [-0.05, 0) is 54.1 Å². The first-order chi connectivity index (χ1) is 12.2. The lowest BCUT2D eigenvalue weighted by Gasteiger charge is -2.08. The van der Waals surface area contributed by atoms with Gasteiger partial charge in [-0.2, -0.15) is 0 Å². The fourth-order valence-corrected chi connectivity index (χ4v) is 3.33. The fraction of sp³-hybridized carbons (Fsp3) is 0.200. The van der Waals surface area contributed by atoms with Crippen molar-refractivity contribution in [2.75, 3.05) is 0 Å². The number of benzene rings is 1. The number of aromatic nitrogens is 1. The second-order valence-corrected chi connectivity index (χ2v) is 6.72. The lowest BCUT2D eigenvalue weighted by atomic mass is 10.2. The SMILES string of the molecule is Cc1ccsc1CCC(=O)NCc1cccc(Oc2ccccn2)c1. The van der Waals surface area contributed by atoms with Crippen molar-refractivity contribution in [1.82, 2.24) is 10.3 Å². The van der Waals surface area contributed by atoms with E-state index in [0.717, 1.165) is 12.0 Å². The maximum absolute atomic E-state index is 12.1. The molecule has 1 N–H and O–H groups in total. The van der Waals surface area contributed by atoms with Gasteiger partial charge in [0.25, 0.3) is 0 Å². The summed E-state index contributed by atoms with van der Waals surface area (Å²) < 4.78 is 5.71. The molecule has 0 saturated heterocycles. The molecule has 0 saturated carbocycles. The number of carbonyl (C=O) groups excluding carboxylic acids is 1. The van der Waals surface area contributed by atoms with Crippen molar-refractivity contribution in [3.63, 3.8) is 0 Å². The van der Waals surface area contributed by atoms with Gasteiger partial charge in [-0.1, -0.05) is 18.2 Å². The summed E-state index contributed by atoms with van der Waals surface area (Å²) in [7, 11) is 0. The average Bonchev–Trinajstić information content (AvgIpc) is 3.04. The van der Waals surface area contributed by atoms with E-state index in [0.29, 0.717) is 24.6 Å². The summed E-state index contributed by atoms with van der Waals surface area (Å²) in [6.45, 7) is 2.57. The topological polar surface area (TPSA) is 51.2 Å². The van der Waals surface area contributed by atoms with Crippen LogP contribution in [0.5, 0.6) is 11.6 Å². The van der Waals surface area contributed by atoms with Crippen molar-refractivity contribution in [2.45, 2.75) is 26.3 Å². The van der Waals surface area contributed by atoms with Crippen LogP contribution in [0.3, 0.4) is 0 Å². The number of ether oxygens (including phenoxy) is 1. The Labute approximate surface area is 151 Å². The predicted molar refractivity (Wildman–Crippen MR) is 100.0 cm³/mol. The molecule has 0 fully saturated rings. The summed E-state index contributed by atoms with van der Waals surface area (Å²) in [5.41, 5.74) is 2.26. The predicted octanol–water partition coefficient (Wildman–Crippen LogP) is 4.49. The van der Waals surface area contributed by atoms with E-state index in [1.54, 1.807) is 23.6 Å². The molecule has 1 aromatic carbocycles. The highest BCUT2D eigenvalue weighted by molar-refractivity contribution is 7.10. The largest absolute Gasteiger partial charge is 0.439 e. The van der Waals surface area contributed by atoms with Crippen molar-refractivity contribution in [3.05, 3.63) is 76.1 Å². The first kappa shape index (κ1) is 17.2. The first-order valence-corrected chi connectivity index (χ1v) is 9.06. The van der Waals surface area contributed by atoms with Crippen molar-refractivity contribution in [3.8, 4) is 11.6 Å². The normalized spacial score (nSPS) is 10.4. The molecule has 0 radical (unpaired) electrons. The molecule has 0 aliphatic carbocycles. The number of rotatable bonds is 7. The summed E-state index contributed by atoms with van der Waals surface area (Å²) in [6, 6.07) is 15.3. The first-order valence-electron chi connectivity index (χ1n) is 8.18. The lowest BCUT2D eigenvalue weighted by molar-refractivity contribution is -0.121. The monoisotopic (exact) mass is 352 g/mol. The zero-order chi connectivity index (χ0) is 17.5. The molecule has 0 aliphatic heterocycles. The number of hydrogen-bond acceptors (Lipinski definition) is 4. The number of thiophene rings is 1. The van der Waals surface area contributed by atoms with Crippen LogP contribution in [0.1, 0.15) is 22.4 Å². The molecule has 2 heterocycles. The second kappa shape index (κ2) is 8.44. The van der Waals surface area contributed by atoms with Crippen molar-refractivity contribution in [2.24, 2.45) is 0 Å². The highest BCUT2D eigenvalue weighted by atomic mass is 32.1. The third-order valence-corrected chi connectivity index (χ3v) is 4.88. The molecule has 5 heteroatoms. The maximum atomic E-state index is 12.1. The Morgan fingerprint density at radius 3 is 2.88 bits per heavy atom. The highest BCUT2D eigenvalue weighted by Gasteiger charge is 2.06. The van der Waals surface area contributed by atoms with Crippen molar-refractivity contribution < 1.29 is 9.53 Å². The quantitative estimate of drug-likeness (QED) is 0.681. The molecule has 0 aliphatic rings. The Bertz CT molecular complexity index is 830. The average molecular weight is 352 g/mol. The molecule has 4 nitrogen and oxygen atoms in total. The summed E-state index contributed by atoms with van der Waals surface area (Å²) in [5.74, 6) is 1.32. The third-order valence-electron chi connectivity index (χ3n) is 3.80. The number of nitrogens with one attached hydrogen (secondary N) is 1. The maximum Gasteiger partial charge on any atom is 0.220 e. The molecule has 2 aromatic heterocycles. The van der Waals surface area contributed by atoms with E-state index < -0.39 is 0 Å². The minimum Gasteiger partial charge on any atom is -0.439 e. The van der Waals surface area contributed by atoms with E-state index in [2.05, 4.69) is 28.7 Å². The Balaban J connectivity index is 1.50. The number of carbonyl (C=O) groups is 1. The summed E-state index contributed by atoms with van der Waals surface area (Å²) >= 11 is 1.71. The van der Waals surface area contributed by atoms with E-state index in [9.17, 15) is 4.79 Å². The van der Waals surface area contributed by atoms with Crippen LogP contribution in [0.25, 0.3) is 0 Å². The van der Waals surface area contributed by atoms with Gasteiger partial charge in [0.05, 0.1) is 0 Å². The van der Waals surface area contributed by atoms with E-state index in [1.165, 1.54) is 10.4 Å². The van der Waals surface area contributed by atoms with Crippen LogP contribution in [-0.4, -0.2) is 10.9 Å². The summed E-state index contributed by atoms with van der Waals surface area (Å²) in [5, 5.41) is 5.03. The van der Waals surface area contributed by atoms with E-state index in [1.807, 2.05) is 36.4 Å². The molecule has 3 rings (SSSR count). The minimum atomic E-state index is 0.0591. The van der Waals surface area contributed by atoms with Gasteiger partial charge in [0.15, 0.2) is 0 Å². The van der Waals surface area contributed by atoms with Crippen molar-refractivity contribution in [1.29, 1.82) is 0 Å². The van der Waals surface area contributed by atoms with Crippen LogP contribution in [-0.2, 0) is 17.8 Å². The van der Waals surface area contributed by atoms with E-state index in [-0.39, 0.29) is 5.91 Å². The van der Waals surface area contributed by atoms with Gasteiger partial charge in [-0.25, -0.2) is 4.98 Å². The van der Waals surface area contributed by atoms with Gasteiger partial charge in [0.2, 0.25) is 11.8 Å². The van der Waals surface area contributed by atoms with Gasteiger partial charge in [0.1, 0.15) is 5.75 Å². The summed E-state index contributed by atoms with van der Waals surface area (Å²) in [6.07, 6.45) is 2.98. The molecule has 1 amide bonds. The van der Waals surface area contributed by atoms with Gasteiger partial charge in [-0.15, -0.1) is 11.3 Å². The Hall–Kier alpha value is -2.66. The smallest absolute Gasteiger partial charge is 0.220 e. The number of aryl methyl sites for hydroxylation is 2. The minimum absolute atomic E-state index is 0.0591. The van der Waals surface area contributed by atoms with Crippen LogP contribution in [0.4, 0.5) is 0 Å². The van der Waals surface area contributed by atoms with Crippen molar-refractivity contribution >= 4 is 17.2 Å². The molecule has 3 aromatic rings. The van der Waals surface area contributed by atoms with E-state index in [4.69, 9.17) is 4.74 Å². The van der Waals surface area contributed by atoms with Crippen LogP contribution >= 0.6 is 11.3 Å². The van der Waals surface area contributed by atoms with E-state index >= 15 is 0 Å². The van der Waals surface area contributed by atoms with Gasteiger partial charge in [0, 0.05) is 30.1 Å². The Kier molecular flexibility index (Phi) is 5.80. The number of amides is 1. The van der Waals surface area contributed by atoms with Gasteiger partial charge >= 0.3 is 0 Å². The van der Waals surface area contributed by atoms with Crippen LogP contribution in [0, 0.1) is 6.92 Å². The molecule has 0 spiro atoms. The molecular weight excluding hydrogens is 332 g/mol. The second-order valence-electron chi connectivity index (χ2n) is 5.72. The standard InChI is InChI=1S/C20H20N2O2S/c1-15-10-12-25-18(15)8-9-19(23)22-14-16-5-4-6-17(13-16)24-20-7-2-3-11-21-20/h2-7,10-13H,8-9,14H2,1H3,(H,22,23). The van der Waals surface area contributed by atoms with Gasteiger partial charge < -0.3 is 10.1 Å². The molecule has 0 bridgehead atoms. The molecule has 0 unspecified atom stereocenters. The number of pyridine rings is 1. The van der Waals surface area contributed by atoms with Gasteiger partial charge in [-0.3, -0.25) is 4.79 Å². The number of nitrogens with zero attached hydrogens (tertiary/aromatic N) is 1. The third kappa shape index (κ3) is 5.16. The molecule has 128 valence electrons. The molecular formula is C20H20N2O2S.